The Balaban J connectivity index is 4.57. The molecule has 0 saturated heterocycles. The molecule has 0 fully saturated rings. The molecular formula is C15H33NS. The van der Waals surface area contributed by atoms with E-state index in [-0.39, 0.29) is 0 Å². The molecular weight excluding hydrogens is 226 g/mol. The lowest BCUT2D eigenvalue weighted by Gasteiger charge is -2.39. The van der Waals surface area contributed by atoms with Gasteiger partial charge < -0.3 is 4.90 Å². The number of thiol groups is 1. The fourth-order valence-corrected chi connectivity index (χ4v) is 2.80. The molecule has 2 heteroatoms. The molecule has 1 nitrogen and oxygen atoms in total. The first-order valence-electron chi connectivity index (χ1n) is 7.44. The Morgan fingerprint density at radius 3 is 2.06 bits per heavy atom. The van der Waals surface area contributed by atoms with Gasteiger partial charge in [-0.05, 0) is 50.3 Å². The Labute approximate surface area is 115 Å². The maximum Gasteiger partial charge on any atom is 0.00645 e. The molecule has 0 rings (SSSR count). The Morgan fingerprint density at radius 1 is 1.12 bits per heavy atom. The molecule has 1 unspecified atom stereocenters. The highest BCUT2D eigenvalue weighted by atomic mass is 32.1. The van der Waals surface area contributed by atoms with Gasteiger partial charge >= 0.3 is 0 Å². The van der Waals surface area contributed by atoms with Crippen molar-refractivity contribution in [1.82, 2.24) is 4.90 Å². The molecule has 17 heavy (non-hydrogen) atoms. The van der Waals surface area contributed by atoms with Gasteiger partial charge in [-0.25, -0.2) is 0 Å². The van der Waals surface area contributed by atoms with Crippen LogP contribution in [0.1, 0.15) is 66.7 Å². The minimum absolute atomic E-state index is 0.417. The van der Waals surface area contributed by atoms with Gasteiger partial charge in [-0.15, -0.1) is 0 Å². The first-order valence-corrected chi connectivity index (χ1v) is 8.07. The monoisotopic (exact) mass is 259 g/mol. The van der Waals surface area contributed by atoms with Crippen LogP contribution >= 0.6 is 12.6 Å². The van der Waals surface area contributed by atoms with Crippen LogP contribution in [-0.4, -0.2) is 29.8 Å². The zero-order valence-electron chi connectivity index (χ0n) is 12.6. The normalized spacial score (nSPS) is 14.3. The summed E-state index contributed by atoms with van der Waals surface area (Å²) in [5, 5.41) is 0. The third-order valence-electron chi connectivity index (χ3n) is 4.39. The third kappa shape index (κ3) is 5.65. The minimum Gasteiger partial charge on any atom is -0.300 e. The molecule has 0 radical (unpaired) electrons. The molecule has 104 valence electrons. The van der Waals surface area contributed by atoms with Gasteiger partial charge in [0.05, 0.1) is 0 Å². The molecule has 0 aliphatic carbocycles. The largest absolute Gasteiger partial charge is 0.300 e. The summed E-state index contributed by atoms with van der Waals surface area (Å²) in [5.74, 6) is 1.01. The summed E-state index contributed by atoms with van der Waals surface area (Å²) in [6.45, 7) is 14.0. The molecule has 0 aliphatic rings. The van der Waals surface area contributed by atoms with Gasteiger partial charge in [0.15, 0.2) is 0 Å². The maximum atomic E-state index is 4.60. The lowest BCUT2D eigenvalue weighted by Crippen LogP contribution is -2.43. The summed E-state index contributed by atoms with van der Waals surface area (Å²) >= 11 is 4.60. The first kappa shape index (κ1) is 17.3. The summed E-state index contributed by atoms with van der Waals surface area (Å²) in [6, 6.07) is 0.707. The van der Waals surface area contributed by atoms with Crippen LogP contribution in [0.15, 0.2) is 0 Å². The fourth-order valence-electron chi connectivity index (χ4n) is 2.25. The minimum atomic E-state index is 0.417. The van der Waals surface area contributed by atoms with E-state index in [4.69, 9.17) is 0 Å². The molecule has 0 aliphatic heterocycles. The van der Waals surface area contributed by atoms with Gasteiger partial charge in [0, 0.05) is 12.6 Å². The van der Waals surface area contributed by atoms with Crippen molar-refractivity contribution >= 4 is 12.6 Å². The highest BCUT2D eigenvalue weighted by molar-refractivity contribution is 7.80. The van der Waals surface area contributed by atoms with Crippen LogP contribution in [0.3, 0.4) is 0 Å². The van der Waals surface area contributed by atoms with Crippen molar-refractivity contribution in [3.63, 3.8) is 0 Å². The van der Waals surface area contributed by atoms with Crippen molar-refractivity contribution in [2.24, 2.45) is 5.41 Å². The van der Waals surface area contributed by atoms with Gasteiger partial charge in [-0.1, -0.05) is 34.1 Å². The molecule has 1 atom stereocenters. The number of unbranched alkanes of at least 4 members (excludes halogenated alkanes) is 1. The summed E-state index contributed by atoms with van der Waals surface area (Å²) in [7, 11) is 0. The second-order valence-corrected chi connectivity index (χ2v) is 5.76. The molecule has 0 saturated carbocycles. The van der Waals surface area contributed by atoms with E-state index < -0.39 is 0 Å². The molecule has 0 aromatic carbocycles. The second kappa shape index (κ2) is 9.27. The van der Waals surface area contributed by atoms with Crippen LogP contribution < -0.4 is 0 Å². The predicted molar refractivity (Wildman–Crippen MR) is 83.1 cm³/mol. The van der Waals surface area contributed by atoms with Crippen molar-refractivity contribution in [3.05, 3.63) is 0 Å². The smallest absolute Gasteiger partial charge is 0.00645 e. The van der Waals surface area contributed by atoms with E-state index in [1.165, 1.54) is 45.2 Å². The Morgan fingerprint density at radius 2 is 1.71 bits per heavy atom. The van der Waals surface area contributed by atoms with Crippen molar-refractivity contribution < 1.29 is 0 Å². The molecule has 0 N–H and O–H groups in total. The van der Waals surface area contributed by atoms with Crippen LogP contribution in [0, 0.1) is 5.41 Å². The summed E-state index contributed by atoms with van der Waals surface area (Å²) < 4.78 is 0. The van der Waals surface area contributed by atoms with Crippen molar-refractivity contribution in [1.29, 1.82) is 0 Å². The summed E-state index contributed by atoms with van der Waals surface area (Å²) in [5.41, 5.74) is 0.417. The van der Waals surface area contributed by atoms with Crippen LogP contribution in [0.2, 0.25) is 0 Å². The fraction of sp³-hybridized carbons (Fsp3) is 1.00. The van der Waals surface area contributed by atoms with E-state index in [0.29, 0.717) is 11.5 Å². The highest BCUT2D eigenvalue weighted by Gasteiger charge is 2.28. The lowest BCUT2D eigenvalue weighted by atomic mass is 9.83. The molecule has 0 spiro atoms. The van der Waals surface area contributed by atoms with Crippen LogP contribution in [-0.2, 0) is 0 Å². The average molecular weight is 260 g/mol. The second-order valence-electron chi connectivity index (χ2n) is 5.45. The lowest BCUT2D eigenvalue weighted by molar-refractivity contribution is 0.117. The number of rotatable bonds is 10. The Hall–Kier alpha value is 0.310. The first-order chi connectivity index (χ1) is 8.09. The van der Waals surface area contributed by atoms with Crippen LogP contribution in [0.4, 0.5) is 0 Å². The van der Waals surface area contributed by atoms with Crippen LogP contribution in [0.5, 0.6) is 0 Å². The topological polar surface area (TPSA) is 3.24 Å². The molecule has 0 aromatic heterocycles. The number of hydrogen-bond acceptors (Lipinski definition) is 2. The maximum absolute atomic E-state index is 4.60. The van der Waals surface area contributed by atoms with Crippen molar-refractivity contribution in [2.75, 3.05) is 18.8 Å². The van der Waals surface area contributed by atoms with Gasteiger partial charge in [0.25, 0.3) is 0 Å². The van der Waals surface area contributed by atoms with Crippen molar-refractivity contribution in [2.45, 2.75) is 72.8 Å². The molecule has 0 bridgehead atoms. The molecule has 0 amide bonds. The highest BCUT2D eigenvalue weighted by Crippen LogP contribution is 2.30. The molecule has 0 aromatic rings. The summed E-state index contributed by atoms with van der Waals surface area (Å²) in [4.78, 5) is 2.69. The van der Waals surface area contributed by atoms with E-state index in [9.17, 15) is 0 Å². The number of nitrogens with zero attached hydrogens (tertiary/aromatic N) is 1. The van der Waals surface area contributed by atoms with Gasteiger partial charge in [-0.3, -0.25) is 0 Å². The van der Waals surface area contributed by atoms with Gasteiger partial charge in [-0.2, -0.15) is 12.6 Å². The van der Waals surface area contributed by atoms with E-state index in [2.05, 4.69) is 52.1 Å². The predicted octanol–water partition coefficient (Wildman–Crippen LogP) is 4.62. The SMILES string of the molecule is CCCCN(CC(CC)(CC)CS)C(C)CC. The third-order valence-corrected chi connectivity index (χ3v) is 5.06. The van der Waals surface area contributed by atoms with E-state index in [1.54, 1.807) is 0 Å². The average Bonchev–Trinajstić information content (AvgIpc) is 2.39. The Kier molecular flexibility index (Phi) is 9.44. The van der Waals surface area contributed by atoms with E-state index in [0.717, 1.165) is 5.75 Å². The zero-order chi connectivity index (χ0) is 13.3. The zero-order valence-corrected chi connectivity index (χ0v) is 13.5. The van der Waals surface area contributed by atoms with Crippen molar-refractivity contribution in [3.8, 4) is 0 Å². The Bertz CT molecular complexity index is 169. The number of hydrogen-bond donors (Lipinski definition) is 1. The molecule has 0 heterocycles. The van der Waals surface area contributed by atoms with Gasteiger partial charge in [0.2, 0.25) is 0 Å². The summed E-state index contributed by atoms with van der Waals surface area (Å²) in [6.07, 6.45) is 6.34. The standard InChI is InChI=1S/C15H33NS/c1-6-10-11-16(14(5)7-2)12-15(8-3,9-4)13-17/h14,17H,6-13H2,1-5H3. The van der Waals surface area contributed by atoms with E-state index >= 15 is 0 Å². The van der Waals surface area contributed by atoms with Gasteiger partial charge in [0.1, 0.15) is 0 Å². The van der Waals surface area contributed by atoms with E-state index in [1.807, 2.05) is 0 Å². The quantitative estimate of drug-likeness (QED) is 0.560. The van der Waals surface area contributed by atoms with Crippen LogP contribution in [0.25, 0.3) is 0 Å².